The Morgan fingerprint density at radius 1 is 1.40 bits per heavy atom. The maximum absolute atomic E-state index is 9.24. The molecule has 10 heavy (non-hydrogen) atoms. The van der Waals surface area contributed by atoms with Gasteiger partial charge in [-0.15, -0.1) is 0 Å². The van der Waals surface area contributed by atoms with Crippen LogP contribution in [0, 0.1) is 0 Å². The fourth-order valence-electron chi connectivity index (χ4n) is 1.01. The lowest BCUT2D eigenvalue weighted by molar-refractivity contribution is 0.420. The number of aliphatic hydroxyl groups is 1. The van der Waals surface area contributed by atoms with Crippen LogP contribution in [0.25, 0.3) is 0 Å². The SMILES string of the molecule is C/C=C/C1=CCCC=C1O. The third kappa shape index (κ3) is 1.50. The molecule has 1 aliphatic rings. The van der Waals surface area contributed by atoms with Gasteiger partial charge < -0.3 is 5.11 Å². The van der Waals surface area contributed by atoms with Crippen LogP contribution < -0.4 is 0 Å². The fourth-order valence-corrected chi connectivity index (χ4v) is 1.01. The van der Waals surface area contributed by atoms with Crippen molar-refractivity contribution in [1.82, 2.24) is 0 Å². The van der Waals surface area contributed by atoms with Gasteiger partial charge in [-0.2, -0.15) is 0 Å². The predicted octanol–water partition coefficient (Wildman–Crippen LogP) is 2.72. The molecule has 0 fully saturated rings. The van der Waals surface area contributed by atoms with Crippen molar-refractivity contribution in [2.75, 3.05) is 0 Å². The zero-order valence-electron chi connectivity index (χ0n) is 6.17. The van der Waals surface area contributed by atoms with Gasteiger partial charge in [-0.25, -0.2) is 0 Å². The maximum atomic E-state index is 9.24. The average molecular weight is 136 g/mol. The molecule has 0 unspecified atom stereocenters. The van der Waals surface area contributed by atoms with Gasteiger partial charge in [0.2, 0.25) is 0 Å². The summed E-state index contributed by atoms with van der Waals surface area (Å²) in [5.74, 6) is 0.421. The first-order valence-electron chi connectivity index (χ1n) is 3.57. The average Bonchev–Trinajstić information content (AvgIpc) is 1.94. The Kier molecular flexibility index (Phi) is 2.32. The molecule has 1 heteroatoms. The van der Waals surface area contributed by atoms with Crippen molar-refractivity contribution < 1.29 is 5.11 Å². The van der Waals surface area contributed by atoms with Crippen LogP contribution in [0.5, 0.6) is 0 Å². The van der Waals surface area contributed by atoms with Crippen molar-refractivity contribution in [3.8, 4) is 0 Å². The number of hydrogen-bond acceptors (Lipinski definition) is 1. The Balaban J connectivity index is 2.74. The van der Waals surface area contributed by atoms with E-state index in [-0.39, 0.29) is 0 Å². The van der Waals surface area contributed by atoms with Crippen LogP contribution in [-0.4, -0.2) is 5.11 Å². The lowest BCUT2D eigenvalue weighted by atomic mass is 10.1. The summed E-state index contributed by atoms with van der Waals surface area (Å²) in [6, 6.07) is 0. The minimum absolute atomic E-state index is 0.421. The van der Waals surface area contributed by atoms with Crippen molar-refractivity contribution in [1.29, 1.82) is 0 Å². The van der Waals surface area contributed by atoms with E-state index in [1.165, 1.54) is 0 Å². The summed E-state index contributed by atoms with van der Waals surface area (Å²) in [5, 5.41) is 9.24. The lowest BCUT2D eigenvalue weighted by Crippen LogP contribution is -1.90. The first kappa shape index (κ1) is 7.13. The first-order chi connectivity index (χ1) is 4.84. The summed E-state index contributed by atoms with van der Waals surface area (Å²) >= 11 is 0. The van der Waals surface area contributed by atoms with Gasteiger partial charge >= 0.3 is 0 Å². The molecule has 1 nitrogen and oxygen atoms in total. The summed E-state index contributed by atoms with van der Waals surface area (Å²) in [4.78, 5) is 0. The standard InChI is InChI=1S/C9H12O/c1-2-5-8-6-3-4-7-9(8)10/h2,5-7,10H,3-4H2,1H3/b5-2+. The molecule has 1 N–H and O–H groups in total. The predicted molar refractivity (Wildman–Crippen MR) is 42.8 cm³/mol. The van der Waals surface area contributed by atoms with Gasteiger partial charge in [-0.1, -0.05) is 18.2 Å². The van der Waals surface area contributed by atoms with E-state index < -0.39 is 0 Å². The van der Waals surface area contributed by atoms with Gasteiger partial charge in [0.05, 0.1) is 0 Å². The van der Waals surface area contributed by atoms with Crippen molar-refractivity contribution in [2.45, 2.75) is 19.8 Å². The summed E-state index contributed by atoms with van der Waals surface area (Å²) in [6.07, 6.45) is 9.77. The van der Waals surface area contributed by atoms with Gasteiger partial charge in [-0.05, 0) is 25.8 Å². The number of aliphatic hydroxyl groups excluding tert-OH is 1. The minimum atomic E-state index is 0.421. The molecule has 0 saturated carbocycles. The van der Waals surface area contributed by atoms with E-state index in [4.69, 9.17) is 0 Å². The molecule has 0 heterocycles. The normalized spacial score (nSPS) is 18.9. The van der Waals surface area contributed by atoms with E-state index in [0.717, 1.165) is 18.4 Å². The highest BCUT2D eigenvalue weighted by atomic mass is 16.3. The third-order valence-corrected chi connectivity index (χ3v) is 1.51. The number of allylic oxidation sites excluding steroid dienone is 4. The second-order valence-corrected chi connectivity index (χ2v) is 2.33. The van der Waals surface area contributed by atoms with Crippen molar-refractivity contribution >= 4 is 0 Å². The Bertz CT molecular complexity index is 197. The number of rotatable bonds is 1. The van der Waals surface area contributed by atoms with Gasteiger partial charge in [0.25, 0.3) is 0 Å². The van der Waals surface area contributed by atoms with Crippen LogP contribution in [0.4, 0.5) is 0 Å². The second kappa shape index (κ2) is 3.25. The Morgan fingerprint density at radius 3 is 2.70 bits per heavy atom. The molecule has 54 valence electrons. The monoisotopic (exact) mass is 136 g/mol. The van der Waals surface area contributed by atoms with E-state index >= 15 is 0 Å². The van der Waals surface area contributed by atoms with Crippen LogP contribution in [0.3, 0.4) is 0 Å². The van der Waals surface area contributed by atoms with E-state index in [0.29, 0.717) is 5.76 Å². The summed E-state index contributed by atoms with van der Waals surface area (Å²) in [6.45, 7) is 1.95. The first-order valence-corrected chi connectivity index (χ1v) is 3.57. The molecule has 0 bridgehead atoms. The molecule has 0 radical (unpaired) electrons. The fraction of sp³-hybridized carbons (Fsp3) is 0.333. The molecule has 0 saturated heterocycles. The molecule has 1 rings (SSSR count). The van der Waals surface area contributed by atoms with E-state index in [1.807, 2.05) is 25.2 Å². The van der Waals surface area contributed by atoms with Gasteiger partial charge in [-0.3, -0.25) is 0 Å². The smallest absolute Gasteiger partial charge is 0.118 e. The van der Waals surface area contributed by atoms with Crippen LogP contribution in [0.1, 0.15) is 19.8 Å². The molecular weight excluding hydrogens is 124 g/mol. The van der Waals surface area contributed by atoms with E-state index in [1.54, 1.807) is 0 Å². The van der Waals surface area contributed by atoms with Gasteiger partial charge in [0, 0.05) is 5.57 Å². The molecule has 1 aliphatic carbocycles. The highest BCUT2D eigenvalue weighted by Gasteiger charge is 2.01. The van der Waals surface area contributed by atoms with E-state index in [9.17, 15) is 5.11 Å². The van der Waals surface area contributed by atoms with E-state index in [2.05, 4.69) is 6.08 Å². The summed E-state index contributed by atoms with van der Waals surface area (Å²) < 4.78 is 0. The van der Waals surface area contributed by atoms with Crippen LogP contribution in [-0.2, 0) is 0 Å². The molecule has 0 aromatic carbocycles. The zero-order chi connectivity index (χ0) is 7.40. The molecule has 0 aromatic rings. The third-order valence-electron chi connectivity index (χ3n) is 1.51. The highest BCUT2D eigenvalue weighted by Crippen LogP contribution is 2.16. The zero-order valence-corrected chi connectivity index (χ0v) is 6.17. The molecule has 0 spiro atoms. The maximum Gasteiger partial charge on any atom is 0.118 e. The quantitative estimate of drug-likeness (QED) is 0.587. The minimum Gasteiger partial charge on any atom is -0.508 e. The molecule has 0 aliphatic heterocycles. The Hall–Kier alpha value is -0.980. The Morgan fingerprint density at radius 2 is 2.10 bits per heavy atom. The largest absolute Gasteiger partial charge is 0.508 e. The highest BCUT2D eigenvalue weighted by molar-refractivity contribution is 5.36. The lowest BCUT2D eigenvalue weighted by Gasteiger charge is -2.05. The second-order valence-electron chi connectivity index (χ2n) is 2.33. The molecule has 0 amide bonds. The van der Waals surface area contributed by atoms with Crippen LogP contribution in [0.2, 0.25) is 0 Å². The summed E-state index contributed by atoms with van der Waals surface area (Å²) in [7, 11) is 0. The van der Waals surface area contributed by atoms with Gasteiger partial charge in [0.15, 0.2) is 0 Å². The van der Waals surface area contributed by atoms with Crippen molar-refractivity contribution in [3.05, 3.63) is 35.6 Å². The Labute approximate surface area is 61.4 Å². The molecule has 0 aromatic heterocycles. The molecule has 0 atom stereocenters. The number of hydrogen-bond donors (Lipinski definition) is 1. The van der Waals surface area contributed by atoms with Crippen molar-refractivity contribution in [3.63, 3.8) is 0 Å². The summed E-state index contributed by atoms with van der Waals surface area (Å²) in [5.41, 5.74) is 0.953. The van der Waals surface area contributed by atoms with Crippen LogP contribution >= 0.6 is 0 Å². The van der Waals surface area contributed by atoms with Gasteiger partial charge in [0.1, 0.15) is 5.76 Å². The van der Waals surface area contributed by atoms with Crippen LogP contribution in [0.15, 0.2) is 35.6 Å². The molecular formula is C9H12O. The van der Waals surface area contributed by atoms with Crippen molar-refractivity contribution in [2.24, 2.45) is 0 Å². The topological polar surface area (TPSA) is 20.2 Å².